The zero-order valence-corrected chi connectivity index (χ0v) is 19.9. The van der Waals surface area contributed by atoms with Crippen LogP contribution in [-0.4, -0.2) is 53.4 Å². The van der Waals surface area contributed by atoms with Gasteiger partial charge in [0.2, 0.25) is 18.1 Å². The maximum atomic E-state index is 9.91. The molecule has 0 aromatic carbocycles. The predicted molar refractivity (Wildman–Crippen MR) is 70.4 cm³/mol. The molecule has 0 bridgehead atoms. The van der Waals surface area contributed by atoms with E-state index in [1.807, 2.05) is 0 Å². The largest absolute Gasteiger partial charge is 1.00 e. The topological polar surface area (TPSA) is 131 Å². The molecule has 0 spiro atoms. The monoisotopic (exact) mass is 450 g/mol. The number of hydrogen-bond acceptors (Lipinski definition) is 7. The third-order valence-electron chi connectivity index (χ3n) is 0.642. The molecule has 0 aliphatic heterocycles. The van der Waals surface area contributed by atoms with Crippen molar-refractivity contribution >= 4 is 74.0 Å². The molecule has 0 saturated carbocycles. The molecule has 0 heterocycles. The SMILES string of the molecule is O=S(=O)(Cl)CCCl.O=S(=O)(Cl)CCCl.O=S([O-])[O-].[Na+].[Na+]. The van der Waals surface area contributed by atoms with E-state index >= 15 is 0 Å². The van der Waals surface area contributed by atoms with Crippen LogP contribution < -0.4 is 59.1 Å². The van der Waals surface area contributed by atoms with E-state index in [2.05, 4.69) is 0 Å². The van der Waals surface area contributed by atoms with Crippen molar-refractivity contribution in [2.45, 2.75) is 0 Å². The summed E-state index contributed by atoms with van der Waals surface area (Å²) in [5.74, 6) is -0.191. The van der Waals surface area contributed by atoms with Gasteiger partial charge in [0.25, 0.3) is 0 Å². The molecule has 0 saturated heterocycles. The van der Waals surface area contributed by atoms with E-state index in [9.17, 15) is 16.8 Å². The molecule has 0 radical (unpaired) electrons. The molecule has 7 nitrogen and oxygen atoms in total. The first-order valence-corrected chi connectivity index (χ1v) is 10.6. The van der Waals surface area contributed by atoms with Gasteiger partial charge in [-0.15, -0.1) is 34.6 Å². The van der Waals surface area contributed by atoms with Crippen LogP contribution in [0.1, 0.15) is 0 Å². The average molecular weight is 452 g/mol. The minimum absolute atomic E-state index is 0. The van der Waals surface area contributed by atoms with Crippen LogP contribution in [0.5, 0.6) is 0 Å². The molecular weight excluding hydrogens is 444 g/mol. The van der Waals surface area contributed by atoms with Gasteiger partial charge in [-0.05, 0) is 0 Å². The van der Waals surface area contributed by atoms with E-state index in [0.717, 1.165) is 0 Å². The molecule has 0 amide bonds. The van der Waals surface area contributed by atoms with E-state index < -0.39 is 29.5 Å². The quantitative estimate of drug-likeness (QED) is 0.180. The van der Waals surface area contributed by atoms with Crippen LogP contribution in [0.4, 0.5) is 0 Å². The van der Waals surface area contributed by atoms with Crippen molar-refractivity contribution in [3.63, 3.8) is 0 Å². The second-order valence-corrected chi connectivity index (χ2v) is 9.03. The van der Waals surface area contributed by atoms with Crippen molar-refractivity contribution in [1.29, 1.82) is 0 Å². The van der Waals surface area contributed by atoms with Gasteiger partial charge in [0, 0.05) is 33.1 Å². The minimum Gasteiger partial charge on any atom is -0.784 e. The van der Waals surface area contributed by atoms with Crippen molar-refractivity contribution in [1.82, 2.24) is 0 Å². The summed E-state index contributed by atoms with van der Waals surface area (Å²) in [5.41, 5.74) is 0. The van der Waals surface area contributed by atoms with Crippen molar-refractivity contribution in [3.8, 4) is 0 Å². The van der Waals surface area contributed by atoms with Crippen LogP contribution >= 0.6 is 44.6 Å². The molecule has 0 rings (SSSR count). The fourth-order valence-corrected chi connectivity index (χ4v) is 2.71. The Labute approximate surface area is 184 Å². The Balaban J connectivity index is -0.0000000555. The summed E-state index contributed by atoms with van der Waals surface area (Å²) in [7, 11) is 2.77. The summed E-state index contributed by atoms with van der Waals surface area (Å²) in [6.45, 7) is 0. The number of halogens is 4. The van der Waals surface area contributed by atoms with Gasteiger partial charge in [0.05, 0.1) is 11.5 Å². The van der Waals surface area contributed by atoms with Crippen LogP contribution in [0.15, 0.2) is 0 Å². The predicted octanol–water partition coefficient (Wildman–Crippen LogP) is -5.41. The fraction of sp³-hybridized carbons (Fsp3) is 1.00. The van der Waals surface area contributed by atoms with Crippen molar-refractivity contribution in [3.05, 3.63) is 0 Å². The van der Waals surface area contributed by atoms with Crippen LogP contribution in [-0.2, 0) is 29.5 Å². The van der Waals surface area contributed by atoms with Crippen LogP contribution in [0.3, 0.4) is 0 Å². The molecule has 0 fully saturated rings. The molecule has 0 aliphatic carbocycles. The number of hydrogen-bond donors (Lipinski definition) is 0. The van der Waals surface area contributed by atoms with Gasteiger partial charge in [0.15, 0.2) is 0 Å². The third-order valence-corrected chi connectivity index (χ3v) is 3.78. The first kappa shape index (κ1) is 34.5. The smallest absolute Gasteiger partial charge is 0.784 e. The summed E-state index contributed by atoms with van der Waals surface area (Å²) >= 11 is 6.93. The van der Waals surface area contributed by atoms with E-state index in [1.165, 1.54) is 0 Å². The fourth-order valence-electron chi connectivity index (χ4n) is 0.184. The maximum absolute atomic E-state index is 9.91. The molecule has 20 heavy (non-hydrogen) atoms. The zero-order valence-electron chi connectivity index (χ0n) is 10.4. The normalized spacial score (nSPS) is 9.95. The van der Waals surface area contributed by atoms with Gasteiger partial charge in [-0.3, -0.25) is 4.21 Å². The van der Waals surface area contributed by atoms with Crippen LogP contribution in [0.25, 0.3) is 0 Å². The Morgan fingerprint density at radius 3 is 0.950 bits per heavy atom. The summed E-state index contributed by atoms with van der Waals surface area (Å²) in [6.07, 6.45) is 0. The van der Waals surface area contributed by atoms with E-state index in [-0.39, 0.29) is 82.4 Å². The number of rotatable bonds is 4. The Morgan fingerprint density at radius 1 is 0.800 bits per heavy atom. The molecule has 114 valence electrons. The van der Waals surface area contributed by atoms with Gasteiger partial charge < -0.3 is 9.11 Å². The zero-order chi connectivity index (χ0) is 15.4. The molecule has 0 aromatic rings. The number of alkyl halides is 2. The molecular formula is C4H8Cl4Na2O7S3. The Bertz CT molecular complexity index is 376. The van der Waals surface area contributed by atoms with Gasteiger partial charge in [-0.1, -0.05) is 0 Å². The first-order valence-electron chi connectivity index (χ1n) is 3.59. The summed E-state index contributed by atoms with van der Waals surface area (Å²) < 4.78 is 65.0. The van der Waals surface area contributed by atoms with Crippen LogP contribution in [0, 0.1) is 0 Å². The summed E-state index contributed by atoms with van der Waals surface area (Å²) in [6, 6.07) is 0. The minimum atomic E-state index is -3.33. The molecule has 0 aliphatic rings. The first-order chi connectivity index (χ1) is 7.85. The summed E-state index contributed by atoms with van der Waals surface area (Å²) in [4.78, 5) is 0. The Hall–Kier alpha value is 3.13. The van der Waals surface area contributed by atoms with Gasteiger partial charge in [-0.2, -0.15) is 0 Å². The average Bonchev–Trinajstić information content (AvgIpc) is 1.97. The molecule has 0 unspecified atom stereocenters. The van der Waals surface area contributed by atoms with Crippen LogP contribution in [0.2, 0.25) is 0 Å². The van der Waals surface area contributed by atoms with E-state index in [1.54, 1.807) is 0 Å². The molecule has 0 N–H and O–H groups in total. The van der Waals surface area contributed by atoms with Gasteiger partial charge in [0.1, 0.15) is 0 Å². The van der Waals surface area contributed by atoms with E-state index in [0.29, 0.717) is 0 Å². The molecule has 0 aromatic heterocycles. The molecule has 16 heteroatoms. The maximum Gasteiger partial charge on any atom is 1.00 e. The van der Waals surface area contributed by atoms with E-state index in [4.69, 9.17) is 57.9 Å². The van der Waals surface area contributed by atoms with Crippen molar-refractivity contribution < 1.29 is 89.3 Å². The van der Waals surface area contributed by atoms with Gasteiger partial charge >= 0.3 is 59.1 Å². The third kappa shape index (κ3) is 69.1. The van der Waals surface area contributed by atoms with Crippen molar-refractivity contribution in [2.24, 2.45) is 0 Å². The second-order valence-electron chi connectivity index (χ2n) is 2.07. The Morgan fingerprint density at radius 2 is 0.950 bits per heavy atom. The Kier molecular flexibility index (Phi) is 34.8. The standard InChI is InChI=1S/2C2H4Cl2O2S.2Na.H2O3S/c2*3-1-2-7(4,5)6;;;1-4(2)3/h2*1-2H2;;;(H2,1,2,3)/q;;2*+1;/p-2. The molecule has 0 atom stereocenters. The summed E-state index contributed by atoms with van der Waals surface area (Å²) in [5, 5.41) is 0. The van der Waals surface area contributed by atoms with Gasteiger partial charge in [-0.25, -0.2) is 16.8 Å². The van der Waals surface area contributed by atoms with Crippen molar-refractivity contribution in [2.75, 3.05) is 23.3 Å². The second kappa shape index (κ2) is 20.2.